The lowest BCUT2D eigenvalue weighted by atomic mass is 9.63. The molecule has 0 saturated heterocycles. The van der Waals surface area contributed by atoms with Crippen molar-refractivity contribution in [1.82, 2.24) is 0 Å². The van der Waals surface area contributed by atoms with Crippen LogP contribution in [0.3, 0.4) is 0 Å². The van der Waals surface area contributed by atoms with Crippen molar-refractivity contribution < 1.29 is 14.3 Å². The summed E-state index contributed by atoms with van der Waals surface area (Å²) in [5.41, 5.74) is -0.993. The highest BCUT2D eigenvalue weighted by Crippen LogP contribution is 2.70. The molecule has 3 aliphatic rings. The maximum Gasteiger partial charge on any atom is 0.314 e. The zero-order valence-corrected chi connectivity index (χ0v) is 10.1. The van der Waals surface area contributed by atoms with E-state index in [2.05, 4.69) is 4.99 Å². The molecule has 17 heavy (non-hydrogen) atoms. The van der Waals surface area contributed by atoms with Gasteiger partial charge in [-0.3, -0.25) is 4.79 Å². The fourth-order valence-corrected chi connectivity index (χ4v) is 5.02. The maximum absolute atomic E-state index is 12.3. The van der Waals surface area contributed by atoms with E-state index >= 15 is 0 Å². The first-order valence-electron chi connectivity index (χ1n) is 6.39. The Morgan fingerprint density at radius 2 is 2.12 bits per heavy atom. The van der Waals surface area contributed by atoms with Gasteiger partial charge in [-0.05, 0) is 50.4 Å². The van der Waals surface area contributed by atoms with Gasteiger partial charge >= 0.3 is 5.97 Å². The second-order valence-corrected chi connectivity index (χ2v) is 5.65. The Labute approximate surface area is 100 Å². The zero-order valence-electron chi connectivity index (χ0n) is 10.1. The molecular weight excluding hydrogens is 218 g/mol. The topological polar surface area (TPSA) is 55.7 Å². The summed E-state index contributed by atoms with van der Waals surface area (Å²) in [7, 11) is 1.44. The molecular formula is C13H17NO3. The Kier molecular flexibility index (Phi) is 2.21. The Bertz CT molecular complexity index is 415. The van der Waals surface area contributed by atoms with E-state index in [1.54, 1.807) is 6.08 Å². The molecule has 92 valence electrons. The van der Waals surface area contributed by atoms with Crippen molar-refractivity contribution in [2.24, 2.45) is 22.2 Å². The molecule has 3 fully saturated rings. The summed E-state index contributed by atoms with van der Waals surface area (Å²) >= 11 is 0. The van der Waals surface area contributed by atoms with E-state index in [1.165, 1.54) is 7.11 Å². The Morgan fingerprint density at radius 3 is 2.82 bits per heavy atom. The number of rotatable bonds is 2. The molecule has 3 saturated carbocycles. The van der Waals surface area contributed by atoms with Crippen LogP contribution in [0.5, 0.6) is 0 Å². The van der Waals surface area contributed by atoms with Crippen molar-refractivity contribution in [3.63, 3.8) is 0 Å². The second kappa shape index (κ2) is 3.42. The Balaban J connectivity index is 2.15. The number of aliphatic imine (C=N–C) groups is 1. The van der Waals surface area contributed by atoms with Gasteiger partial charge in [0, 0.05) is 0 Å². The molecule has 2 bridgehead atoms. The fourth-order valence-electron chi connectivity index (χ4n) is 5.02. The molecule has 0 spiro atoms. The summed E-state index contributed by atoms with van der Waals surface area (Å²) in [6, 6.07) is 0. The predicted octanol–water partition coefficient (Wildman–Crippen LogP) is 1.83. The highest BCUT2D eigenvalue weighted by atomic mass is 16.5. The van der Waals surface area contributed by atoms with Crippen LogP contribution in [0.2, 0.25) is 0 Å². The fraction of sp³-hybridized carbons (Fsp3) is 0.846. The van der Waals surface area contributed by atoms with Crippen LogP contribution in [0.4, 0.5) is 0 Å². The number of hydrogen-bond acceptors (Lipinski definition) is 4. The van der Waals surface area contributed by atoms with Crippen LogP contribution in [0, 0.1) is 17.3 Å². The minimum atomic E-state index is -0.512. The predicted molar refractivity (Wildman–Crippen MR) is 60.0 cm³/mol. The summed E-state index contributed by atoms with van der Waals surface area (Å²) < 4.78 is 5.03. The van der Waals surface area contributed by atoms with Gasteiger partial charge in [-0.1, -0.05) is 0 Å². The van der Waals surface area contributed by atoms with Gasteiger partial charge in [0.15, 0.2) is 0 Å². The van der Waals surface area contributed by atoms with Crippen LogP contribution >= 0.6 is 0 Å². The van der Waals surface area contributed by atoms with Gasteiger partial charge in [0.05, 0.1) is 18.1 Å². The van der Waals surface area contributed by atoms with Crippen LogP contribution in [0.25, 0.3) is 0 Å². The molecule has 4 heteroatoms. The first-order valence-corrected chi connectivity index (χ1v) is 6.39. The molecule has 3 aliphatic carbocycles. The number of isocyanates is 1. The third-order valence-corrected chi connectivity index (χ3v) is 5.50. The smallest absolute Gasteiger partial charge is 0.314 e. The summed E-state index contributed by atoms with van der Waals surface area (Å²) in [5, 5.41) is 0. The number of carbonyl (C=O) groups is 1. The molecule has 0 aromatic carbocycles. The first-order chi connectivity index (χ1) is 8.21. The number of ether oxygens (including phenoxy) is 1. The minimum absolute atomic E-state index is 0.152. The van der Waals surface area contributed by atoms with E-state index in [-0.39, 0.29) is 5.97 Å². The number of hydrogen-bond donors (Lipinski definition) is 0. The van der Waals surface area contributed by atoms with Crippen molar-refractivity contribution in [3.8, 4) is 0 Å². The first kappa shape index (κ1) is 11.0. The van der Waals surface area contributed by atoms with E-state index in [0.717, 1.165) is 38.5 Å². The molecule has 0 aromatic rings. The van der Waals surface area contributed by atoms with Crippen molar-refractivity contribution in [3.05, 3.63) is 0 Å². The van der Waals surface area contributed by atoms with E-state index in [9.17, 15) is 9.59 Å². The van der Waals surface area contributed by atoms with E-state index in [1.807, 2.05) is 0 Å². The normalized spacial score (nSPS) is 46.4. The van der Waals surface area contributed by atoms with Crippen molar-refractivity contribution in [2.45, 2.75) is 44.1 Å². The van der Waals surface area contributed by atoms with E-state index in [0.29, 0.717) is 11.8 Å². The number of esters is 1. The zero-order chi connectivity index (χ0) is 12.1. The van der Waals surface area contributed by atoms with Gasteiger partial charge < -0.3 is 4.74 Å². The lowest BCUT2D eigenvalue weighted by molar-refractivity contribution is -0.159. The van der Waals surface area contributed by atoms with Crippen LogP contribution in [0.1, 0.15) is 38.5 Å². The van der Waals surface area contributed by atoms with Gasteiger partial charge in [0.2, 0.25) is 6.08 Å². The van der Waals surface area contributed by atoms with Crippen LogP contribution < -0.4 is 0 Å². The molecule has 0 aromatic heterocycles. The van der Waals surface area contributed by atoms with Crippen LogP contribution in [-0.4, -0.2) is 24.7 Å². The van der Waals surface area contributed by atoms with Crippen LogP contribution in [-0.2, 0) is 14.3 Å². The van der Waals surface area contributed by atoms with Gasteiger partial charge in [0.25, 0.3) is 0 Å². The second-order valence-electron chi connectivity index (χ2n) is 5.65. The molecule has 0 N–H and O–H groups in total. The minimum Gasteiger partial charge on any atom is -0.469 e. The van der Waals surface area contributed by atoms with Gasteiger partial charge in [0.1, 0.15) is 0 Å². The molecule has 4 nitrogen and oxygen atoms in total. The molecule has 0 amide bonds. The summed E-state index contributed by atoms with van der Waals surface area (Å²) in [6.07, 6.45) is 7.56. The van der Waals surface area contributed by atoms with E-state index in [4.69, 9.17) is 4.74 Å². The van der Waals surface area contributed by atoms with Gasteiger partial charge in [-0.15, -0.1) is 0 Å². The average Bonchev–Trinajstić information content (AvgIpc) is 2.97. The summed E-state index contributed by atoms with van der Waals surface area (Å²) in [4.78, 5) is 27.2. The monoisotopic (exact) mass is 235 g/mol. The van der Waals surface area contributed by atoms with Crippen molar-refractivity contribution >= 4 is 12.0 Å². The number of fused-ring (bicyclic) bond motifs is 5. The summed E-state index contributed by atoms with van der Waals surface area (Å²) in [5.74, 6) is 0.594. The third kappa shape index (κ3) is 1.03. The van der Waals surface area contributed by atoms with E-state index < -0.39 is 11.0 Å². The van der Waals surface area contributed by atoms with Gasteiger partial charge in [-0.25, -0.2) is 4.79 Å². The highest BCUT2D eigenvalue weighted by Gasteiger charge is 2.73. The average molecular weight is 235 g/mol. The molecule has 4 unspecified atom stereocenters. The lowest BCUT2D eigenvalue weighted by Gasteiger charge is -2.43. The highest BCUT2D eigenvalue weighted by molar-refractivity contribution is 5.81. The van der Waals surface area contributed by atoms with Crippen molar-refractivity contribution in [2.75, 3.05) is 7.11 Å². The Hall–Kier alpha value is -1.15. The number of nitrogens with zero attached hydrogens (tertiary/aromatic N) is 1. The quantitative estimate of drug-likeness (QED) is 0.417. The Morgan fingerprint density at radius 1 is 1.35 bits per heavy atom. The third-order valence-electron chi connectivity index (χ3n) is 5.50. The molecule has 3 rings (SSSR count). The maximum atomic E-state index is 12.3. The summed E-state index contributed by atoms with van der Waals surface area (Å²) in [6.45, 7) is 0. The van der Waals surface area contributed by atoms with Crippen LogP contribution in [0.15, 0.2) is 4.99 Å². The largest absolute Gasteiger partial charge is 0.469 e. The molecule has 0 heterocycles. The molecule has 4 atom stereocenters. The SMILES string of the molecule is COC(=O)C12CCCC1(N=C=O)C1CCC2C1. The van der Waals surface area contributed by atoms with Gasteiger partial charge in [-0.2, -0.15) is 4.99 Å². The number of carbonyl (C=O) groups excluding carboxylic acids is 2. The van der Waals surface area contributed by atoms with Crippen molar-refractivity contribution in [1.29, 1.82) is 0 Å². The molecule has 0 aliphatic heterocycles. The number of methoxy groups -OCH3 is 1. The lowest BCUT2D eigenvalue weighted by Crippen LogP contribution is -2.52. The molecule has 0 radical (unpaired) electrons. The standard InChI is InChI=1S/C13H17NO3/c1-17-11(16)12-5-2-6-13(12,14-8-15)10-4-3-9(12)7-10/h9-10H,2-7H2,1H3.